The van der Waals surface area contributed by atoms with Crippen LogP contribution in [0.2, 0.25) is 5.02 Å². The highest BCUT2D eigenvalue weighted by Gasteiger charge is 1.91. The van der Waals surface area contributed by atoms with Gasteiger partial charge in [-0.3, -0.25) is 0 Å². The SMILES string of the molecule is Clc1ccc(N=Nc2ncc[nH]2)cc1. The zero-order valence-corrected chi connectivity index (χ0v) is 7.94. The second kappa shape index (κ2) is 4.02. The average Bonchev–Trinajstić information content (AvgIpc) is 2.70. The van der Waals surface area contributed by atoms with Crippen molar-refractivity contribution in [1.82, 2.24) is 9.97 Å². The second-order valence-electron chi connectivity index (χ2n) is 2.59. The van der Waals surface area contributed by atoms with Gasteiger partial charge in [0.05, 0.1) is 5.69 Å². The molecule has 2 rings (SSSR count). The van der Waals surface area contributed by atoms with Crippen LogP contribution in [0.3, 0.4) is 0 Å². The second-order valence-corrected chi connectivity index (χ2v) is 3.03. The van der Waals surface area contributed by atoms with E-state index in [1.807, 2.05) is 0 Å². The molecule has 0 bridgehead atoms. The Hall–Kier alpha value is -1.68. The first-order valence-electron chi connectivity index (χ1n) is 4.01. The van der Waals surface area contributed by atoms with Gasteiger partial charge in [0.1, 0.15) is 0 Å². The van der Waals surface area contributed by atoms with Gasteiger partial charge in [-0.15, -0.1) is 10.2 Å². The predicted octanol–water partition coefficient (Wildman–Crippen LogP) is 3.48. The minimum Gasteiger partial charge on any atom is -0.328 e. The van der Waals surface area contributed by atoms with E-state index in [4.69, 9.17) is 11.6 Å². The van der Waals surface area contributed by atoms with Crippen molar-refractivity contribution in [3.8, 4) is 0 Å². The number of aromatic amines is 1. The van der Waals surface area contributed by atoms with Crippen molar-refractivity contribution in [1.29, 1.82) is 0 Å². The van der Waals surface area contributed by atoms with E-state index in [-0.39, 0.29) is 0 Å². The molecule has 0 fully saturated rings. The number of halogens is 1. The smallest absolute Gasteiger partial charge is 0.246 e. The lowest BCUT2D eigenvalue weighted by molar-refractivity contribution is 1.12. The summed E-state index contributed by atoms with van der Waals surface area (Å²) in [5.41, 5.74) is 0.741. The minimum atomic E-state index is 0.486. The molecule has 0 spiro atoms. The highest BCUT2D eigenvalue weighted by molar-refractivity contribution is 6.30. The van der Waals surface area contributed by atoms with Crippen molar-refractivity contribution in [3.05, 3.63) is 41.7 Å². The highest BCUT2D eigenvalue weighted by atomic mass is 35.5. The number of hydrogen-bond donors (Lipinski definition) is 1. The molecule has 0 aliphatic rings. The summed E-state index contributed by atoms with van der Waals surface area (Å²) < 4.78 is 0. The van der Waals surface area contributed by atoms with Gasteiger partial charge in [-0.1, -0.05) is 11.6 Å². The Morgan fingerprint density at radius 3 is 2.57 bits per heavy atom. The first kappa shape index (κ1) is 8.90. The summed E-state index contributed by atoms with van der Waals surface area (Å²) in [6, 6.07) is 7.10. The van der Waals surface area contributed by atoms with E-state index < -0.39 is 0 Å². The molecule has 0 saturated heterocycles. The molecule has 0 radical (unpaired) electrons. The number of nitrogens with one attached hydrogen (secondary N) is 1. The van der Waals surface area contributed by atoms with Crippen molar-refractivity contribution in [3.63, 3.8) is 0 Å². The quantitative estimate of drug-likeness (QED) is 0.752. The van der Waals surface area contributed by atoms with E-state index in [0.717, 1.165) is 5.69 Å². The molecule has 70 valence electrons. The van der Waals surface area contributed by atoms with Gasteiger partial charge in [0.2, 0.25) is 5.95 Å². The van der Waals surface area contributed by atoms with Gasteiger partial charge in [0.25, 0.3) is 0 Å². The van der Waals surface area contributed by atoms with Gasteiger partial charge >= 0.3 is 0 Å². The Morgan fingerprint density at radius 1 is 1.14 bits per heavy atom. The van der Waals surface area contributed by atoms with Crippen LogP contribution in [0.4, 0.5) is 11.6 Å². The third-order valence-corrected chi connectivity index (χ3v) is 1.82. The van der Waals surface area contributed by atoms with E-state index >= 15 is 0 Å². The fourth-order valence-corrected chi connectivity index (χ4v) is 1.05. The molecule has 2 aromatic rings. The van der Waals surface area contributed by atoms with E-state index in [2.05, 4.69) is 20.2 Å². The first-order chi connectivity index (χ1) is 6.84. The van der Waals surface area contributed by atoms with Crippen molar-refractivity contribution in [2.24, 2.45) is 10.2 Å². The molecule has 0 saturated carbocycles. The summed E-state index contributed by atoms with van der Waals surface area (Å²) in [5.74, 6) is 0.486. The Labute approximate surface area is 85.7 Å². The molecule has 0 atom stereocenters. The first-order valence-corrected chi connectivity index (χ1v) is 4.39. The van der Waals surface area contributed by atoms with Gasteiger partial charge in [0, 0.05) is 17.4 Å². The zero-order chi connectivity index (χ0) is 9.80. The van der Waals surface area contributed by atoms with Crippen molar-refractivity contribution < 1.29 is 0 Å². The predicted molar refractivity (Wildman–Crippen MR) is 54.2 cm³/mol. The third kappa shape index (κ3) is 2.17. The van der Waals surface area contributed by atoms with Crippen LogP contribution in [0, 0.1) is 0 Å². The molecule has 1 heterocycles. The van der Waals surface area contributed by atoms with Gasteiger partial charge in [-0.25, -0.2) is 4.98 Å². The molecule has 4 nitrogen and oxygen atoms in total. The molecule has 0 aliphatic heterocycles. The van der Waals surface area contributed by atoms with Crippen LogP contribution < -0.4 is 0 Å². The number of hydrogen-bond acceptors (Lipinski definition) is 3. The topological polar surface area (TPSA) is 53.4 Å². The summed E-state index contributed by atoms with van der Waals surface area (Å²) in [7, 11) is 0. The summed E-state index contributed by atoms with van der Waals surface area (Å²) in [6.45, 7) is 0. The van der Waals surface area contributed by atoms with Crippen LogP contribution in [0.1, 0.15) is 0 Å². The summed E-state index contributed by atoms with van der Waals surface area (Å²) >= 11 is 5.72. The monoisotopic (exact) mass is 206 g/mol. The van der Waals surface area contributed by atoms with Gasteiger partial charge in [-0.05, 0) is 24.3 Å². The van der Waals surface area contributed by atoms with Crippen molar-refractivity contribution in [2.45, 2.75) is 0 Å². The van der Waals surface area contributed by atoms with Crippen LogP contribution in [-0.4, -0.2) is 9.97 Å². The lowest BCUT2D eigenvalue weighted by Crippen LogP contribution is -1.65. The van der Waals surface area contributed by atoms with Crippen molar-refractivity contribution in [2.75, 3.05) is 0 Å². The summed E-state index contributed by atoms with van der Waals surface area (Å²) in [5, 5.41) is 8.53. The number of H-pyrrole nitrogens is 1. The maximum atomic E-state index is 5.72. The highest BCUT2D eigenvalue weighted by Crippen LogP contribution is 2.17. The molecule has 14 heavy (non-hydrogen) atoms. The van der Waals surface area contributed by atoms with E-state index in [9.17, 15) is 0 Å². The van der Waals surface area contributed by atoms with Gasteiger partial charge in [-0.2, -0.15) is 0 Å². The standard InChI is InChI=1S/C9H7ClN4/c10-7-1-3-8(4-2-7)13-14-9-11-5-6-12-9/h1-6H,(H,11,12). The number of azo groups is 1. The fraction of sp³-hybridized carbons (Fsp3) is 0. The number of imidazole rings is 1. The summed E-state index contributed by atoms with van der Waals surface area (Å²) in [4.78, 5) is 6.73. The number of benzene rings is 1. The van der Waals surface area contributed by atoms with Crippen molar-refractivity contribution >= 4 is 23.2 Å². The lowest BCUT2D eigenvalue weighted by atomic mass is 10.3. The minimum absolute atomic E-state index is 0.486. The van der Waals surface area contributed by atoms with E-state index in [1.54, 1.807) is 36.7 Å². The van der Waals surface area contributed by atoms with Crippen LogP contribution >= 0.6 is 11.6 Å². The maximum absolute atomic E-state index is 5.72. The third-order valence-electron chi connectivity index (χ3n) is 1.57. The lowest BCUT2D eigenvalue weighted by Gasteiger charge is -1.90. The zero-order valence-electron chi connectivity index (χ0n) is 7.18. The average molecular weight is 207 g/mol. The normalized spacial score (nSPS) is 10.9. The van der Waals surface area contributed by atoms with Crippen LogP contribution in [0.5, 0.6) is 0 Å². The van der Waals surface area contributed by atoms with E-state index in [1.165, 1.54) is 0 Å². The molecule has 1 aromatic heterocycles. The van der Waals surface area contributed by atoms with E-state index in [0.29, 0.717) is 11.0 Å². The molecular weight excluding hydrogens is 200 g/mol. The number of nitrogens with zero attached hydrogens (tertiary/aromatic N) is 3. The molecule has 1 N–H and O–H groups in total. The van der Waals surface area contributed by atoms with Crippen LogP contribution in [0.15, 0.2) is 46.9 Å². The van der Waals surface area contributed by atoms with Crippen LogP contribution in [-0.2, 0) is 0 Å². The Balaban J connectivity index is 2.15. The number of aromatic nitrogens is 2. The molecule has 0 amide bonds. The Kier molecular flexibility index (Phi) is 2.55. The molecule has 5 heteroatoms. The molecule has 1 aromatic carbocycles. The largest absolute Gasteiger partial charge is 0.328 e. The van der Waals surface area contributed by atoms with Gasteiger partial charge < -0.3 is 4.98 Å². The van der Waals surface area contributed by atoms with Gasteiger partial charge in [0.15, 0.2) is 0 Å². The molecular formula is C9H7ClN4. The number of rotatable bonds is 2. The Bertz CT molecular complexity index is 419. The molecule has 0 aliphatic carbocycles. The van der Waals surface area contributed by atoms with Crippen LogP contribution in [0.25, 0.3) is 0 Å². The maximum Gasteiger partial charge on any atom is 0.246 e. The summed E-state index contributed by atoms with van der Waals surface area (Å²) in [6.07, 6.45) is 3.31. The molecule has 0 unspecified atom stereocenters. The fourth-order valence-electron chi connectivity index (χ4n) is 0.924. The Morgan fingerprint density at radius 2 is 1.93 bits per heavy atom.